The second kappa shape index (κ2) is 12.2. The monoisotopic (exact) mass is 556 g/mol. The van der Waals surface area contributed by atoms with Crippen molar-refractivity contribution in [3.8, 4) is 0 Å². The van der Waals surface area contributed by atoms with Crippen molar-refractivity contribution in [3.05, 3.63) is 126 Å². The number of hydrogen-bond donors (Lipinski definition) is 1. The molecule has 4 heterocycles. The van der Waals surface area contributed by atoms with Gasteiger partial charge in [-0.05, 0) is 67.1 Å². The summed E-state index contributed by atoms with van der Waals surface area (Å²) in [5.74, 6) is -0.499. The molecule has 8 nitrogen and oxygen atoms in total. The van der Waals surface area contributed by atoms with Crippen LogP contribution >= 0.6 is 0 Å². The number of hydrogen-bond acceptors (Lipinski definition) is 7. The van der Waals surface area contributed by atoms with Gasteiger partial charge in [0.2, 0.25) is 0 Å². The zero-order chi connectivity index (χ0) is 28.9. The van der Waals surface area contributed by atoms with Crippen LogP contribution in [0.1, 0.15) is 57.6 Å². The summed E-state index contributed by atoms with van der Waals surface area (Å²) >= 11 is 0. The Bertz CT molecular complexity index is 1650. The maximum atomic E-state index is 13.7. The van der Waals surface area contributed by atoms with Crippen LogP contribution in [0.5, 0.6) is 0 Å². The Balaban J connectivity index is 1.52. The highest BCUT2D eigenvalue weighted by atomic mass is 16.2. The SMILES string of the molecule is CCCCN1C(=O)c2ccc(NCc3ccccn3)c3c(N(Cc4ccccn4)Cc4ccccn4)ccc(c23)C1=O. The summed E-state index contributed by atoms with van der Waals surface area (Å²) in [7, 11) is 0. The largest absolute Gasteiger partial charge is 0.379 e. The quantitative estimate of drug-likeness (QED) is 0.193. The summed E-state index contributed by atoms with van der Waals surface area (Å²) in [6.07, 6.45) is 7.00. The molecule has 3 aromatic heterocycles. The fraction of sp³-hybridized carbons (Fsp3) is 0.206. The highest BCUT2D eigenvalue weighted by molar-refractivity contribution is 6.28. The van der Waals surface area contributed by atoms with Crippen LogP contribution < -0.4 is 10.2 Å². The molecule has 6 rings (SSSR count). The Morgan fingerprint density at radius 3 is 1.81 bits per heavy atom. The van der Waals surface area contributed by atoms with Crippen LogP contribution in [0, 0.1) is 0 Å². The molecule has 2 aromatic carbocycles. The van der Waals surface area contributed by atoms with Gasteiger partial charge >= 0.3 is 0 Å². The lowest BCUT2D eigenvalue weighted by Crippen LogP contribution is -2.41. The van der Waals surface area contributed by atoms with Crippen LogP contribution in [0.25, 0.3) is 10.8 Å². The normalized spacial score (nSPS) is 12.5. The molecule has 1 aliphatic rings. The van der Waals surface area contributed by atoms with Crippen molar-refractivity contribution < 1.29 is 9.59 Å². The molecule has 0 atom stereocenters. The maximum Gasteiger partial charge on any atom is 0.261 e. The predicted octanol–water partition coefficient (Wildman–Crippen LogP) is 6.24. The minimum absolute atomic E-state index is 0.250. The lowest BCUT2D eigenvalue weighted by molar-refractivity contribution is 0.0608. The van der Waals surface area contributed by atoms with Gasteiger partial charge in [-0.1, -0.05) is 31.5 Å². The highest BCUT2D eigenvalue weighted by Crippen LogP contribution is 2.41. The molecule has 8 heteroatoms. The van der Waals surface area contributed by atoms with Crippen molar-refractivity contribution >= 4 is 34.0 Å². The number of nitrogens with one attached hydrogen (secondary N) is 1. The third-order valence-electron chi connectivity index (χ3n) is 7.51. The number of rotatable bonds is 11. The van der Waals surface area contributed by atoms with Gasteiger partial charge in [-0.3, -0.25) is 29.4 Å². The van der Waals surface area contributed by atoms with Crippen LogP contribution in [0.2, 0.25) is 0 Å². The summed E-state index contributed by atoms with van der Waals surface area (Å²) in [6, 6.07) is 25.2. The molecular weight excluding hydrogens is 524 g/mol. The van der Waals surface area contributed by atoms with Crippen LogP contribution in [0.3, 0.4) is 0 Å². The maximum absolute atomic E-state index is 13.7. The van der Waals surface area contributed by atoms with E-state index in [9.17, 15) is 9.59 Å². The van der Waals surface area contributed by atoms with Gasteiger partial charge in [0.05, 0.1) is 36.7 Å². The van der Waals surface area contributed by atoms with Crippen molar-refractivity contribution in [1.82, 2.24) is 19.9 Å². The summed E-state index contributed by atoms with van der Waals surface area (Å²) in [5.41, 5.74) is 5.47. The number of imide groups is 1. The predicted molar refractivity (Wildman–Crippen MR) is 164 cm³/mol. The first-order valence-corrected chi connectivity index (χ1v) is 14.3. The Labute approximate surface area is 245 Å². The highest BCUT2D eigenvalue weighted by Gasteiger charge is 2.34. The van der Waals surface area contributed by atoms with E-state index in [4.69, 9.17) is 0 Å². The number of unbranched alkanes of at least 4 members (excludes halogenated alkanes) is 1. The summed E-state index contributed by atoms with van der Waals surface area (Å²) in [6.45, 7) is 3.98. The van der Waals surface area contributed by atoms with E-state index in [0.29, 0.717) is 42.7 Å². The molecule has 0 fully saturated rings. The van der Waals surface area contributed by atoms with Gasteiger partial charge in [0, 0.05) is 58.4 Å². The van der Waals surface area contributed by atoms with Gasteiger partial charge in [-0.15, -0.1) is 0 Å². The van der Waals surface area contributed by atoms with Crippen molar-refractivity contribution in [2.45, 2.75) is 39.4 Å². The van der Waals surface area contributed by atoms with Crippen molar-refractivity contribution in [2.75, 3.05) is 16.8 Å². The Morgan fingerprint density at radius 1 is 0.690 bits per heavy atom. The average molecular weight is 557 g/mol. The zero-order valence-electron chi connectivity index (χ0n) is 23.5. The van der Waals surface area contributed by atoms with E-state index in [1.807, 2.05) is 78.9 Å². The Kier molecular flexibility index (Phi) is 7.85. The van der Waals surface area contributed by atoms with Crippen LogP contribution in [-0.4, -0.2) is 38.2 Å². The third-order valence-corrected chi connectivity index (χ3v) is 7.51. The van der Waals surface area contributed by atoms with Gasteiger partial charge < -0.3 is 10.2 Å². The molecule has 0 unspecified atom stereocenters. The topological polar surface area (TPSA) is 91.3 Å². The van der Waals surface area contributed by atoms with Gasteiger partial charge in [-0.25, -0.2) is 0 Å². The second-order valence-electron chi connectivity index (χ2n) is 10.3. The fourth-order valence-electron chi connectivity index (χ4n) is 5.44. The van der Waals surface area contributed by atoms with Gasteiger partial charge in [-0.2, -0.15) is 0 Å². The van der Waals surface area contributed by atoms with E-state index in [1.54, 1.807) is 18.6 Å². The van der Waals surface area contributed by atoms with E-state index in [0.717, 1.165) is 46.7 Å². The zero-order valence-corrected chi connectivity index (χ0v) is 23.5. The van der Waals surface area contributed by atoms with Gasteiger partial charge in [0.25, 0.3) is 11.8 Å². The van der Waals surface area contributed by atoms with Crippen molar-refractivity contribution in [3.63, 3.8) is 0 Å². The molecule has 0 aliphatic carbocycles. The average Bonchev–Trinajstić information content (AvgIpc) is 3.03. The number of pyridine rings is 3. The summed E-state index contributed by atoms with van der Waals surface area (Å²) in [4.78, 5) is 44.7. The Morgan fingerprint density at radius 2 is 1.26 bits per heavy atom. The lowest BCUT2D eigenvalue weighted by atomic mass is 9.91. The number of anilines is 2. The molecule has 210 valence electrons. The standard InChI is InChI=1S/C34H32N6O2/c1-2-3-20-40-33(41)27-13-15-29(38-21-24-10-4-7-17-35-24)32-30(16-14-28(31(27)32)34(40)42)39(22-25-11-5-8-18-36-25)23-26-12-6-9-19-37-26/h4-19,38H,2-3,20-23H2,1H3. The number of carbonyl (C=O) groups is 2. The number of carbonyl (C=O) groups excluding carboxylic acids is 2. The molecule has 42 heavy (non-hydrogen) atoms. The molecule has 0 radical (unpaired) electrons. The van der Waals surface area contributed by atoms with E-state index in [-0.39, 0.29) is 11.8 Å². The molecule has 1 N–H and O–H groups in total. The smallest absolute Gasteiger partial charge is 0.261 e. The van der Waals surface area contributed by atoms with Crippen LogP contribution in [0.4, 0.5) is 11.4 Å². The minimum atomic E-state index is -0.250. The van der Waals surface area contributed by atoms with Crippen molar-refractivity contribution in [2.24, 2.45) is 0 Å². The first-order chi connectivity index (χ1) is 20.6. The van der Waals surface area contributed by atoms with E-state index >= 15 is 0 Å². The van der Waals surface area contributed by atoms with Gasteiger partial charge in [0.15, 0.2) is 0 Å². The molecule has 0 saturated carbocycles. The van der Waals surface area contributed by atoms with Crippen molar-refractivity contribution in [1.29, 1.82) is 0 Å². The number of aromatic nitrogens is 3. The van der Waals surface area contributed by atoms with Crippen LogP contribution in [-0.2, 0) is 19.6 Å². The minimum Gasteiger partial charge on any atom is -0.379 e. The fourth-order valence-corrected chi connectivity index (χ4v) is 5.44. The molecule has 0 saturated heterocycles. The lowest BCUT2D eigenvalue weighted by Gasteiger charge is -2.31. The number of amides is 2. The molecular formula is C34H32N6O2. The first-order valence-electron chi connectivity index (χ1n) is 14.3. The van der Waals surface area contributed by atoms with E-state index in [2.05, 4.69) is 32.1 Å². The molecule has 5 aromatic rings. The number of benzene rings is 2. The first kappa shape index (κ1) is 27.1. The summed E-state index contributed by atoms with van der Waals surface area (Å²) < 4.78 is 0. The van der Waals surface area contributed by atoms with E-state index < -0.39 is 0 Å². The summed E-state index contributed by atoms with van der Waals surface area (Å²) in [5, 5.41) is 5.05. The van der Waals surface area contributed by atoms with Crippen LogP contribution in [0.15, 0.2) is 97.5 Å². The molecule has 0 bridgehead atoms. The Hall–Kier alpha value is -5.11. The molecule has 0 spiro atoms. The molecule has 1 aliphatic heterocycles. The van der Waals surface area contributed by atoms with Gasteiger partial charge in [0.1, 0.15) is 0 Å². The second-order valence-corrected chi connectivity index (χ2v) is 10.3. The molecule has 2 amide bonds. The number of nitrogens with zero attached hydrogens (tertiary/aromatic N) is 5. The van der Waals surface area contributed by atoms with E-state index in [1.165, 1.54) is 4.90 Å². The third kappa shape index (κ3) is 5.43.